The molecule has 1 atom stereocenters. The Morgan fingerprint density at radius 2 is 0.667 bits per heavy atom. The van der Waals surface area contributed by atoms with Crippen LogP contribution in [0.2, 0.25) is 0 Å². The molecule has 0 spiro atoms. The summed E-state index contributed by atoms with van der Waals surface area (Å²) in [6.45, 7) is 0. The molecule has 1 radical (unpaired) electrons. The zero-order valence-electron chi connectivity index (χ0n) is 11.6. The van der Waals surface area contributed by atoms with Crippen molar-refractivity contribution in [3.8, 4) is 0 Å². The SMILES string of the molecule is P.[Rh].c1ccc(P(c2ccccc2)c2ccccc2)cc1. The van der Waals surface area contributed by atoms with E-state index in [4.69, 9.17) is 0 Å². The van der Waals surface area contributed by atoms with E-state index in [0.29, 0.717) is 0 Å². The summed E-state index contributed by atoms with van der Waals surface area (Å²) in [6.07, 6.45) is 0. The maximum Gasteiger partial charge on any atom is 0 e. The largest absolute Gasteiger partial charge is 0.153 e. The molecule has 0 aliphatic heterocycles. The molecule has 0 saturated heterocycles. The van der Waals surface area contributed by atoms with Gasteiger partial charge in [-0.3, -0.25) is 0 Å². The van der Waals surface area contributed by atoms with Crippen LogP contribution in [0.4, 0.5) is 0 Å². The quantitative estimate of drug-likeness (QED) is 0.467. The van der Waals surface area contributed by atoms with Gasteiger partial charge in [-0.15, -0.1) is 0 Å². The molecule has 1 unspecified atom stereocenters. The summed E-state index contributed by atoms with van der Waals surface area (Å²) in [6, 6.07) is 32.3. The predicted molar refractivity (Wildman–Crippen MR) is 96.3 cm³/mol. The number of benzene rings is 3. The van der Waals surface area contributed by atoms with Crippen molar-refractivity contribution < 1.29 is 19.5 Å². The molecule has 0 aliphatic carbocycles. The summed E-state index contributed by atoms with van der Waals surface area (Å²) < 4.78 is 0. The van der Waals surface area contributed by atoms with Crippen LogP contribution in [0.1, 0.15) is 0 Å². The minimum Gasteiger partial charge on any atom is -0.153 e. The second kappa shape index (κ2) is 9.22. The van der Waals surface area contributed by atoms with Crippen LogP contribution >= 0.6 is 17.8 Å². The first-order valence-electron chi connectivity index (χ1n) is 6.40. The molecule has 0 amide bonds. The third kappa shape index (κ3) is 4.56. The fraction of sp³-hybridized carbons (Fsp3) is 0. The summed E-state index contributed by atoms with van der Waals surface area (Å²) in [5.41, 5.74) is 0. The first-order valence-corrected chi connectivity index (χ1v) is 7.74. The second-order valence-corrected chi connectivity index (χ2v) is 6.56. The standard InChI is InChI=1S/C18H15P.H3P.Rh/c1-4-10-16(11-5-1)19(17-12-6-2-7-13-17)18-14-8-3-9-15-18;;/h1-15H;1H3;. The van der Waals surface area contributed by atoms with Crippen molar-refractivity contribution in [3.05, 3.63) is 91.0 Å². The Kier molecular flexibility index (Phi) is 7.99. The zero-order chi connectivity index (χ0) is 12.9. The van der Waals surface area contributed by atoms with Crippen molar-refractivity contribution in [2.45, 2.75) is 0 Å². The number of hydrogen-bond donors (Lipinski definition) is 0. The molecule has 3 heteroatoms. The molecule has 0 fully saturated rings. The van der Waals surface area contributed by atoms with Crippen LogP contribution in [0.15, 0.2) is 91.0 Å². The summed E-state index contributed by atoms with van der Waals surface area (Å²) >= 11 is 0. The molecule has 3 aromatic carbocycles. The van der Waals surface area contributed by atoms with Crippen molar-refractivity contribution in [2.24, 2.45) is 0 Å². The Morgan fingerprint density at radius 1 is 0.429 bits per heavy atom. The average molecular weight is 399 g/mol. The molecule has 3 aromatic rings. The first kappa shape index (κ1) is 18.2. The van der Waals surface area contributed by atoms with E-state index in [9.17, 15) is 0 Å². The smallest absolute Gasteiger partial charge is 0 e. The van der Waals surface area contributed by atoms with Gasteiger partial charge in [-0.2, -0.15) is 9.90 Å². The van der Waals surface area contributed by atoms with Gasteiger partial charge in [-0.05, 0) is 23.8 Å². The minimum atomic E-state index is -0.446. The Balaban J connectivity index is 0.00000110. The van der Waals surface area contributed by atoms with E-state index >= 15 is 0 Å². The van der Waals surface area contributed by atoms with Crippen LogP contribution in [0, 0.1) is 0 Å². The molecule has 21 heavy (non-hydrogen) atoms. The topological polar surface area (TPSA) is 0 Å². The third-order valence-corrected chi connectivity index (χ3v) is 5.49. The zero-order valence-corrected chi connectivity index (χ0v) is 15.6. The van der Waals surface area contributed by atoms with Gasteiger partial charge in [0, 0.05) is 19.5 Å². The maximum absolute atomic E-state index is 2.23. The molecule has 0 nitrogen and oxygen atoms in total. The molecule has 109 valence electrons. The molecule has 0 aromatic heterocycles. The Labute approximate surface area is 144 Å². The first-order chi connectivity index (χ1) is 9.45. The fourth-order valence-corrected chi connectivity index (χ4v) is 4.48. The molecule has 0 N–H and O–H groups in total. The summed E-state index contributed by atoms with van der Waals surface area (Å²) in [7, 11) is -0.446. The average Bonchev–Trinajstić information content (AvgIpc) is 2.51. The number of rotatable bonds is 3. The van der Waals surface area contributed by atoms with Crippen LogP contribution in [-0.4, -0.2) is 0 Å². The molecule has 0 aliphatic rings. The molecule has 0 heterocycles. The Hall–Kier alpha value is -0.857. The van der Waals surface area contributed by atoms with E-state index in [1.165, 1.54) is 15.9 Å². The van der Waals surface area contributed by atoms with Gasteiger partial charge in [0.25, 0.3) is 0 Å². The van der Waals surface area contributed by atoms with Gasteiger partial charge < -0.3 is 0 Å². The van der Waals surface area contributed by atoms with Crippen LogP contribution < -0.4 is 15.9 Å². The van der Waals surface area contributed by atoms with Gasteiger partial charge in [0.05, 0.1) is 0 Å². The summed E-state index contributed by atoms with van der Waals surface area (Å²) in [5, 5.41) is 4.19. The van der Waals surface area contributed by atoms with Crippen molar-refractivity contribution in [1.29, 1.82) is 0 Å². The third-order valence-electron chi connectivity index (χ3n) is 3.04. The van der Waals surface area contributed by atoms with E-state index < -0.39 is 7.92 Å². The molecular formula is C18H18P2Rh. The summed E-state index contributed by atoms with van der Waals surface area (Å²) in [4.78, 5) is 0. The van der Waals surface area contributed by atoms with Gasteiger partial charge in [0.1, 0.15) is 0 Å². The van der Waals surface area contributed by atoms with E-state index in [1.54, 1.807) is 0 Å². The van der Waals surface area contributed by atoms with Crippen molar-refractivity contribution in [2.75, 3.05) is 0 Å². The van der Waals surface area contributed by atoms with Gasteiger partial charge in [0.15, 0.2) is 0 Å². The molecular weight excluding hydrogens is 381 g/mol. The summed E-state index contributed by atoms with van der Waals surface area (Å²) in [5.74, 6) is 0. The van der Waals surface area contributed by atoms with Crippen LogP contribution in [0.3, 0.4) is 0 Å². The predicted octanol–water partition coefficient (Wildman–Crippen LogP) is 3.50. The monoisotopic (exact) mass is 399 g/mol. The van der Waals surface area contributed by atoms with E-state index in [-0.39, 0.29) is 29.4 Å². The van der Waals surface area contributed by atoms with Crippen LogP contribution in [0.25, 0.3) is 0 Å². The number of hydrogen-bond acceptors (Lipinski definition) is 0. The van der Waals surface area contributed by atoms with Gasteiger partial charge in [0.2, 0.25) is 0 Å². The Bertz CT molecular complexity index is 533. The van der Waals surface area contributed by atoms with E-state index in [1.807, 2.05) is 0 Å². The molecule has 3 rings (SSSR count). The molecule has 0 saturated carbocycles. The van der Waals surface area contributed by atoms with Crippen molar-refractivity contribution >= 4 is 33.7 Å². The van der Waals surface area contributed by atoms with Crippen molar-refractivity contribution in [1.82, 2.24) is 0 Å². The Morgan fingerprint density at radius 3 is 0.905 bits per heavy atom. The second-order valence-electron chi connectivity index (χ2n) is 4.34. The minimum absolute atomic E-state index is 0. The van der Waals surface area contributed by atoms with Crippen LogP contribution in [-0.2, 0) is 19.5 Å². The fourth-order valence-electron chi connectivity index (χ4n) is 2.18. The molecule has 0 bridgehead atoms. The maximum atomic E-state index is 2.23. The van der Waals surface area contributed by atoms with Gasteiger partial charge >= 0.3 is 0 Å². The normalized spacial score (nSPS) is 9.57. The van der Waals surface area contributed by atoms with Gasteiger partial charge in [-0.1, -0.05) is 91.0 Å². The van der Waals surface area contributed by atoms with E-state index in [0.717, 1.165) is 0 Å². The van der Waals surface area contributed by atoms with Gasteiger partial charge in [-0.25, -0.2) is 0 Å². The van der Waals surface area contributed by atoms with E-state index in [2.05, 4.69) is 91.0 Å². The van der Waals surface area contributed by atoms with Crippen molar-refractivity contribution in [3.63, 3.8) is 0 Å². The van der Waals surface area contributed by atoms with Crippen LogP contribution in [0.5, 0.6) is 0 Å².